The lowest BCUT2D eigenvalue weighted by Crippen LogP contribution is -2.44. The molecule has 0 spiro atoms. The highest BCUT2D eigenvalue weighted by atomic mass is 16.7. The third-order valence-corrected chi connectivity index (χ3v) is 2.38. The van der Waals surface area contributed by atoms with Gasteiger partial charge in [0.05, 0.1) is 6.42 Å². The molecule has 1 aromatic rings. The monoisotopic (exact) mass is 222 g/mol. The van der Waals surface area contributed by atoms with E-state index in [-0.39, 0.29) is 5.97 Å². The maximum atomic E-state index is 11.4. The Morgan fingerprint density at radius 3 is 2.44 bits per heavy atom. The Labute approximate surface area is 97.0 Å². The summed E-state index contributed by atoms with van der Waals surface area (Å²) in [7, 11) is 0. The second-order valence-electron chi connectivity index (χ2n) is 3.86. The molecule has 0 N–H and O–H groups in total. The Bertz CT molecular complexity index is 298. The molecule has 0 aliphatic carbocycles. The van der Waals surface area contributed by atoms with Gasteiger partial charge in [-0.1, -0.05) is 38.7 Å². The third kappa shape index (κ3) is 5.49. The molecule has 0 aliphatic heterocycles. The van der Waals surface area contributed by atoms with Gasteiger partial charge in [-0.2, -0.15) is 4.84 Å². The lowest BCUT2D eigenvalue weighted by molar-refractivity contribution is -0.869. The summed E-state index contributed by atoms with van der Waals surface area (Å²) >= 11 is 0. The number of hydrogen-bond acceptors (Lipinski definition) is 2. The molecule has 0 amide bonds. The predicted octanol–water partition coefficient (Wildman–Crippen LogP) is 2.29. The Hall–Kier alpha value is -1.38. The second kappa shape index (κ2) is 7.85. The highest BCUT2D eigenvalue weighted by Gasteiger charge is 2.09. The molecule has 1 heterocycles. The molecule has 1 rings (SSSR count). The van der Waals surface area contributed by atoms with Crippen LogP contribution in [0.4, 0.5) is 0 Å². The number of unbranched alkanes of at least 4 members (excludes halogenated alkanes) is 4. The Morgan fingerprint density at radius 2 is 1.75 bits per heavy atom. The molecule has 0 atom stereocenters. The minimum Gasteiger partial charge on any atom is -0.245 e. The van der Waals surface area contributed by atoms with E-state index in [9.17, 15) is 4.79 Å². The van der Waals surface area contributed by atoms with Gasteiger partial charge in [0.1, 0.15) is 0 Å². The number of nitrogens with zero attached hydrogens (tertiary/aromatic N) is 1. The summed E-state index contributed by atoms with van der Waals surface area (Å²) in [6.45, 7) is 2.18. The maximum absolute atomic E-state index is 11.4. The van der Waals surface area contributed by atoms with E-state index in [1.165, 1.54) is 24.0 Å². The Kier molecular flexibility index (Phi) is 6.23. The van der Waals surface area contributed by atoms with Crippen LogP contribution in [-0.4, -0.2) is 5.97 Å². The van der Waals surface area contributed by atoms with Crippen molar-refractivity contribution in [3.8, 4) is 0 Å². The normalized spacial score (nSPS) is 10.1. The molecule has 0 radical (unpaired) electrons. The van der Waals surface area contributed by atoms with Gasteiger partial charge in [-0.3, -0.25) is 0 Å². The topological polar surface area (TPSA) is 30.2 Å². The number of aromatic nitrogens is 1. The molecule has 1 aromatic heterocycles. The maximum Gasteiger partial charge on any atom is 0.380 e. The average Bonchev–Trinajstić information content (AvgIpc) is 2.30. The van der Waals surface area contributed by atoms with Gasteiger partial charge in [0.25, 0.3) is 0 Å². The van der Waals surface area contributed by atoms with Crippen LogP contribution in [0.2, 0.25) is 0 Å². The molecule has 0 aromatic carbocycles. The number of pyridine rings is 1. The molecule has 0 saturated heterocycles. The first-order valence-corrected chi connectivity index (χ1v) is 6.00. The lowest BCUT2D eigenvalue weighted by Gasteiger charge is -1.98. The fourth-order valence-electron chi connectivity index (χ4n) is 1.48. The van der Waals surface area contributed by atoms with Crippen molar-refractivity contribution in [1.29, 1.82) is 0 Å². The molecule has 0 saturated carbocycles. The summed E-state index contributed by atoms with van der Waals surface area (Å²) in [4.78, 5) is 16.5. The van der Waals surface area contributed by atoms with E-state index in [2.05, 4.69) is 6.92 Å². The largest absolute Gasteiger partial charge is 0.380 e. The van der Waals surface area contributed by atoms with Crippen molar-refractivity contribution in [2.75, 3.05) is 0 Å². The summed E-state index contributed by atoms with van der Waals surface area (Å²) in [6, 6.07) is 5.54. The molecule has 0 unspecified atom stereocenters. The number of hydrogen-bond donors (Lipinski definition) is 0. The van der Waals surface area contributed by atoms with Gasteiger partial charge in [-0.15, -0.1) is 0 Å². The summed E-state index contributed by atoms with van der Waals surface area (Å²) in [5.41, 5.74) is 0. The predicted molar refractivity (Wildman–Crippen MR) is 61.6 cm³/mol. The summed E-state index contributed by atoms with van der Waals surface area (Å²) < 4.78 is 1.44. The molecular weight excluding hydrogens is 202 g/mol. The van der Waals surface area contributed by atoms with E-state index < -0.39 is 0 Å². The minimum absolute atomic E-state index is 0.160. The van der Waals surface area contributed by atoms with Crippen molar-refractivity contribution in [2.24, 2.45) is 0 Å². The quantitative estimate of drug-likeness (QED) is 0.523. The molecule has 16 heavy (non-hydrogen) atoms. The van der Waals surface area contributed by atoms with Crippen LogP contribution in [0, 0.1) is 0 Å². The zero-order valence-corrected chi connectivity index (χ0v) is 9.89. The Morgan fingerprint density at radius 1 is 1.06 bits per heavy atom. The van der Waals surface area contributed by atoms with Crippen molar-refractivity contribution in [3.05, 3.63) is 30.6 Å². The van der Waals surface area contributed by atoms with E-state index in [0.717, 1.165) is 12.8 Å². The van der Waals surface area contributed by atoms with Crippen molar-refractivity contribution in [3.63, 3.8) is 0 Å². The van der Waals surface area contributed by atoms with E-state index >= 15 is 0 Å². The molecule has 0 bridgehead atoms. The van der Waals surface area contributed by atoms with E-state index in [1.807, 2.05) is 18.2 Å². The van der Waals surface area contributed by atoms with Crippen molar-refractivity contribution in [1.82, 2.24) is 0 Å². The van der Waals surface area contributed by atoms with Crippen LogP contribution < -0.4 is 9.57 Å². The van der Waals surface area contributed by atoms with Crippen LogP contribution in [0.3, 0.4) is 0 Å². The van der Waals surface area contributed by atoms with Crippen molar-refractivity contribution in [2.45, 2.75) is 45.4 Å². The fourth-order valence-corrected chi connectivity index (χ4v) is 1.48. The van der Waals surface area contributed by atoms with Gasteiger partial charge in [0, 0.05) is 16.9 Å². The van der Waals surface area contributed by atoms with Gasteiger partial charge in [-0.05, 0) is 6.42 Å². The van der Waals surface area contributed by atoms with E-state index in [0.29, 0.717) is 6.42 Å². The van der Waals surface area contributed by atoms with Gasteiger partial charge in [0.15, 0.2) is 0 Å². The number of carbonyl (C=O) groups excluding carboxylic acids is 1. The van der Waals surface area contributed by atoms with Crippen LogP contribution in [0.1, 0.15) is 45.4 Å². The summed E-state index contributed by atoms with van der Waals surface area (Å²) in [6.07, 6.45) is 9.67. The molecule has 3 nitrogen and oxygen atoms in total. The van der Waals surface area contributed by atoms with Gasteiger partial charge >= 0.3 is 5.97 Å². The Balaban J connectivity index is 2.12. The summed E-state index contributed by atoms with van der Waals surface area (Å²) in [5.74, 6) is -0.160. The number of carbonyl (C=O) groups is 1. The second-order valence-corrected chi connectivity index (χ2v) is 3.86. The lowest BCUT2D eigenvalue weighted by atomic mass is 10.1. The van der Waals surface area contributed by atoms with E-state index in [4.69, 9.17) is 4.84 Å². The highest BCUT2D eigenvalue weighted by Crippen LogP contribution is 2.04. The molecule has 0 aliphatic rings. The van der Waals surface area contributed by atoms with Crippen molar-refractivity contribution >= 4 is 5.97 Å². The van der Waals surface area contributed by atoms with Gasteiger partial charge < -0.3 is 0 Å². The van der Waals surface area contributed by atoms with Crippen LogP contribution in [0.5, 0.6) is 0 Å². The first-order valence-electron chi connectivity index (χ1n) is 6.00. The average molecular weight is 222 g/mol. The third-order valence-electron chi connectivity index (χ3n) is 2.38. The molecule has 0 fully saturated rings. The molecule has 88 valence electrons. The molecule has 3 heteroatoms. The fraction of sp³-hybridized carbons (Fsp3) is 0.538. The van der Waals surface area contributed by atoms with Crippen LogP contribution in [-0.2, 0) is 4.79 Å². The first kappa shape index (κ1) is 12.7. The van der Waals surface area contributed by atoms with Crippen LogP contribution >= 0.6 is 0 Å². The van der Waals surface area contributed by atoms with E-state index in [1.54, 1.807) is 12.4 Å². The summed E-state index contributed by atoms with van der Waals surface area (Å²) in [5, 5.41) is 0. The van der Waals surface area contributed by atoms with Gasteiger partial charge in [0.2, 0.25) is 12.4 Å². The SMILES string of the molecule is CCCCCCCC(=O)O[n+]1ccccc1. The number of rotatable bonds is 7. The standard InChI is InChI=1S/C13H20NO2/c1-2-3-4-5-7-10-13(15)16-14-11-8-6-9-12-14/h6,8-9,11-12H,2-5,7,10H2,1H3/q+1. The smallest absolute Gasteiger partial charge is 0.245 e. The zero-order chi connectivity index (χ0) is 11.6. The van der Waals surface area contributed by atoms with Crippen molar-refractivity contribution < 1.29 is 14.4 Å². The highest BCUT2D eigenvalue weighted by molar-refractivity contribution is 5.68. The van der Waals surface area contributed by atoms with Crippen LogP contribution in [0.15, 0.2) is 30.6 Å². The minimum atomic E-state index is -0.160. The van der Waals surface area contributed by atoms with Gasteiger partial charge in [-0.25, -0.2) is 4.79 Å². The molecular formula is C13H20NO2+. The first-order chi connectivity index (χ1) is 7.83. The zero-order valence-electron chi connectivity index (χ0n) is 9.89. The van der Waals surface area contributed by atoms with Crippen LogP contribution in [0.25, 0.3) is 0 Å².